The molecule has 0 unspecified atom stereocenters. The Bertz CT molecular complexity index is 792. The SMILES string of the molecule is Cc1ccnc(Oc2ccc(B3OC(C)(C)C(C)(C)O3)cc2N(C)C)n1. The lowest BCUT2D eigenvalue weighted by atomic mass is 9.79. The lowest BCUT2D eigenvalue weighted by molar-refractivity contribution is 0.00578. The number of nitrogens with zero attached hydrogens (tertiary/aromatic N) is 3. The van der Waals surface area contributed by atoms with Crippen LogP contribution in [0.2, 0.25) is 0 Å². The highest BCUT2D eigenvalue weighted by atomic mass is 16.7. The zero-order chi connectivity index (χ0) is 19.1. The van der Waals surface area contributed by atoms with Gasteiger partial charge in [-0.2, -0.15) is 0 Å². The average molecular weight is 355 g/mol. The van der Waals surface area contributed by atoms with Crippen LogP contribution in [0.1, 0.15) is 33.4 Å². The molecule has 0 N–H and O–H groups in total. The number of rotatable bonds is 4. The van der Waals surface area contributed by atoms with Gasteiger partial charge < -0.3 is 18.9 Å². The summed E-state index contributed by atoms with van der Waals surface area (Å²) >= 11 is 0. The molecule has 6 nitrogen and oxygen atoms in total. The lowest BCUT2D eigenvalue weighted by Gasteiger charge is -2.32. The van der Waals surface area contributed by atoms with Crippen LogP contribution in [0.15, 0.2) is 30.5 Å². The topological polar surface area (TPSA) is 56.7 Å². The summed E-state index contributed by atoms with van der Waals surface area (Å²) in [6, 6.07) is 8.05. The van der Waals surface area contributed by atoms with E-state index in [1.807, 2.05) is 77.9 Å². The number of benzene rings is 1. The monoisotopic (exact) mass is 355 g/mol. The minimum Gasteiger partial charge on any atom is -0.422 e. The predicted molar refractivity (Wildman–Crippen MR) is 103 cm³/mol. The van der Waals surface area contributed by atoms with Gasteiger partial charge in [0.2, 0.25) is 0 Å². The van der Waals surface area contributed by atoms with Crippen molar-refractivity contribution in [3.05, 3.63) is 36.2 Å². The third kappa shape index (κ3) is 3.55. The van der Waals surface area contributed by atoms with E-state index >= 15 is 0 Å². The van der Waals surface area contributed by atoms with Gasteiger partial charge in [0.15, 0.2) is 5.75 Å². The van der Waals surface area contributed by atoms with E-state index in [4.69, 9.17) is 14.0 Å². The highest BCUT2D eigenvalue weighted by Crippen LogP contribution is 2.37. The molecule has 1 aliphatic heterocycles. The molecule has 1 saturated heterocycles. The van der Waals surface area contributed by atoms with Gasteiger partial charge in [0.05, 0.1) is 16.9 Å². The van der Waals surface area contributed by atoms with Crippen LogP contribution in [0.5, 0.6) is 11.8 Å². The van der Waals surface area contributed by atoms with Crippen molar-refractivity contribution in [2.24, 2.45) is 0 Å². The van der Waals surface area contributed by atoms with Crippen molar-refractivity contribution in [3.8, 4) is 11.8 Å². The standard InChI is InChI=1S/C19H26BN3O3/c1-13-10-11-21-17(22-13)24-16-9-8-14(12-15(16)23(6)7)20-25-18(2,3)19(4,5)26-20/h8-12H,1-7H3. The van der Waals surface area contributed by atoms with Crippen molar-refractivity contribution in [2.45, 2.75) is 45.8 Å². The summed E-state index contributed by atoms with van der Waals surface area (Å²) < 4.78 is 18.2. The van der Waals surface area contributed by atoms with Crippen LogP contribution in [0.3, 0.4) is 0 Å². The Morgan fingerprint density at radius 3 is 2.27 bits per heavy atom. The maximum absolute atomic E-state index is 6.15. The van der Waals surface area contributed by atoms with Gasteiger partial charge in [-0.1, -0.05) is 6.07 Å². The predicted octanol–water partition coefficient (Wildman–Crippen LogP) is 2.94. The number of aromatic nitrogens is 2. The Hall–Kier alpha value is -2.12. The van der Waals surface area contributed by atoms with Crippen LogP contribution in [-0.2, 0) is 9.31 Å². The molecule has 7 heteroatoms. The molecule has 0 saturated carbocycles. The van der Waals surface area contributed by atoms with Crippen molar-refractivity contribution in [2.75, 3.05) is 19.0 Å². The highest BCUT2D eigenvalue weighted by molar-refractivity contribution is 6.62. The number of ether oxygens (including phenoxy) is 1. The molecule has 1 fully saturated rings. The number of hydrogen-bond donors (Lipinski definition) is 0. The highest BCUT2D eigenvalue weighted by Gasteiger charge is 2.51. The number of aryl methyl sites for hydroxylation is 1. The van der Waals surface area contributed by atoms with E-state index in [2.05, 4.69) is 9.97 Å². The summed E-state index contributed by atoms with van der Waals surface area (Å²) in [4.78, 5) is 10.5. The average Bonchev–Trinajstić information content (AvgIpc) is 2.75. The van der Waals surface area contributed by atoms with E-state index in [0.717, 1.165) is 16.8 Å². The first kappa shape index (κ1) is 18.7. The van der Waals surface area contributed by atoms with Crippen molar-refractivity contribution in [1.29, 1.82) is 0 Å². The first-order valence-electron chi connectivity index (χ1n) is 8.73. The van der Waals surface area contributed by atoms with Gasteiger partial charge in [0, 0.05) is 26.0 Å². The summed E-state index contributed by atoms with van der Waals surface area (Å²) in [6.07, 6.45) is 1.69. The molecule has 1 aromatic carbocycles. The zero-order valence-corrected chi connectivity index (χ0v) is 16.5. The van der Waals surface area contributed by atoms with Gasteiger partial charge in [-0.05, 0) is 58.3 Å². The van der Waals surface area contributed by atoms with Gasteiger partial charge >= 0.3 is 13.1 Å². The van der Waals surface area contributed by atoms with E-state index in [0.29, 0.717) is 11.8 Å². The maximum Gasteiger partial charge on any atom is 0.494 e. The molecule has 0 aliphatic carbocycles. The molecular formula is C19H26BN3O3. The smallest absolute Gasteiger partial charge is 0.422 e. The Morgan fingerprint density at radius 2 is 1.69 bits per heavy atom. The number of anilines is 1. The second kappa shape index (κ2) is 6.56. The fourth-order valence-electron chi connectivity index (χ4n) is 2.67. The molecule has 26 heavy (non-hydrogen) atoms. The molecule has 1 aromatic heterocycles. The third-order valence-electron chi connectivity index (χ3n) is 4.96. The largest absolute Gasteiger partial charge is 0.494 e. The summed E-state index contributed by atoms with van der Waals surface area (Å²) in [5, 5.41) is 0. The Kier molecular flexibility index (Phi) is 4.71. The molecule has 0 atom stereocenters. The van der Waals surface area contributed by atoms with Crippen molar-refractivity contribution in [3.63, 3.8) is 0 Å². The molecular weight excluding hydrogens is 329 g/mol. The van der Waals surface area contributed by atoms with Gasteiger partial charge in [0.1, 0.15) is 0 Å². The van der Waals surface area contributed by atoms with Gasteiger partial charge in [-0.3, -0.25) is 0 Å². The first-order chi connectivity index (χ1) is 12.1. The molecule has 2 aromatic rings. The molecule has 0 radical (unpaired) electrons. The number of hydrogen-bond acceptors (Lipinski definition) is 6. The summed E-state index contributed by atoms with van der Waals surface area (Å²) in [5.41, 5.74) is 1.96. The maximum atomic E-state index is 6.15. The minimum absolute atomic E-state index is 0.330. The van der Waals surface area contributed by atoms with E-state index < -0.39 is 7.12 Å². The molecule has 2 heterocycles. The molecule has 3 rings (SSSR count). The van der Waals surface area contributed by atoms with Gasteiger partial charge in [0.25, 0.3) is 0 Å². The lowest BCUT2D eigenvalue weighted by Crippen LogP contribution is -2.41. The summed E-state index contributed by atoms with van der Waals surface area (Å²) in [6.45, 7) is 10.1. The second-order valence-corrected chi connectivity index (χ2v) is 7.79. The van der Waals surface area contributed by atoms with Crippen LogP contribution in [-0.4, -0.2) is 42.4 Å². The molecule has 0 spiro atoms. The van der Waals surface area contributed by atoms with Crippen LogP contribution >= 0.6 is 0 Å². The van der Waals surface area contributed by atoms with Crippen LogP contribution in [0, 0.1) is 6.92 Å². The van der Waals surface area contributed by atoms with E-state index in [1.165, 1.54) is 0 Å². The Labute approximate surface area is 155 Å². The Morgan fingerprint density at radius 1 is 1.04 bits per heavy atom. The van der Waals surface area contributed by atoms with Crippen LogP contribution in [0.25, 0.3) is 0 Å². The third-order valence-corrected chi connectivity index (χ3v) is 4.96. The Balaban J connectivity index is 1.90. The second-order valence-electron chi connectivity index (χ2n) is 7.79. The molecule has 0 amide bonds. The van der Waals surface area contributed by atoms with E-state index in [-0.39, 0.29) is 11.2 Å². The quantitative estimate of drug-likeness (QED) is 0.786. The zero-order valence-electron chi connectivity index (χ0n) is 16.5. The fraction of sp³-hybridized carbons (Fsp3) is 0.474. The molecule has 1 aliphatic rings. The minimum atomic E-state index is -0.414. The van der Waals surface area contributed by atoms with Crippen LogP contribution in [0.4, 0.5) is 5.69 Å². The summed E-state index contributed by atoms with van der Waals surface area (Å²) in [5.74, 6) is 0.681. The summed E-state index contributed by atoms with van der Waals surface area (Å²) in [7, 11) is 3.52. The van der Waals surface area contributed by atoms with Crippen molar-refractivity contribution >= 4 is 18.3 Å². The van der Waals surface area contributed by atoms with Gasteiger partial charge in [-0.15, -0.1) is 0 Å². The van der Waals surface area contributed by atoms with Crippen LogP contribution < -0.4 is 15.1 Å². The van der Waals surface area contributed by atoms with Crippen molar-refractivity contribution in [1.82, 2.24) is 9.97 Å². The van der Waals surface area contributed by atoms with Gasteiger partial charge in [-0.25, -0.2) is 9.97 Å². The van der Waals surface area contributed by atoms with Crippen molar-refractivity contribution < 1.29 is 14.0 Å². The van der Waals surface area contributed by atoms with E-state index in [1.54, 1.807) is 6.20 Å². The van der Waals surface area contributed by atoms with E-state index in [9.17, 15) is 0 Å². The molecule has 138 valence electrons. The molecule has 0 bridgehead atoms. The normalized spacial score (nSPS) is 18.0. The first-order valence-corrected chi connectivity index (χ1v) is 8.73. The fourth-order valence-corrected chi connectivity index (χ4v) is 2.67.